The van der Waals surface area contributed by atoms with Crippen molar-refractivity contribution >= 4 is 11.8 Å². The number of amides is 2. The average Bonchev–Trinajstić information content (AvgIpc) is 3.11. The number of piperidine rings is 1. The normalized spacial score (nSPS) is 20.3. The maximum Gasteiger partial charge on any atom is 0.227 e. The summed E-state index contributed by atoms with van der Waals surface area (Å²) in [5.41, 5.74) is 1.73. The fourth-order valence-corrected chi connectivity index (χ4v) is 4.39. The Hall–Kier alpha value is -2.76. The fourth-order valence-electron chi connectivity index (χ4n) is 4.39. The van der Waals surface area contributed by atoms with Gasteiger partial charge in [-0.2, -0.15) is 0 Å². The van der Waals surface area contributed by atoms with E-state index in [1.54, 1.807) is 23.4 Å². The number of halogens is 1. The number of rotatable bonds is 5. The van der Waals surface area contributed by atoms with Crippen LogP contribution in [0.5, 0.6) is 0 Å². The van der Waals surface area contributed by atoms with Gasteiger partial charge in [0.05, 0.1) is 5.92 Å². The zero-order valence-corrected chi connectivity index (χ0v) is 16.5. The maximum atomic E-state index is 13.9. The summed E-state index contributed by atoms with van der Waals surface area (Å²) in [6, 6.07) is 10.7. The van der Waals surface area contributed by atoms with Crippen molar-refractivity contribution in [2.75, 3.05) is 19.6 Å². The SMILES string of the molecule is O=C1C[C@@H](C(=O)N2CCC(Cc3ccccc3F)CC2)CN1Cc1cccnc1. The van der Waals surface area contributed by atoms with Gasteiger partial charge in [0, 0.05) is 45.0 Å². The molecule has 2 aliphatic heterocycles. The molecule has 2 amide bonds. The lowest BCUT2D eigenvalue weighted by atomic mass is 9.89. The van der Waals surface area contributed by atoms with Gasteiger partial charge in [-0.25, -0.2) is 4.39 Å². The van der Waals surface area contributed by atoms with Gasteiger partial charge in [0.15, 0.2) is 0 Å². The van der Waals surface area contributed by atoms with Crippen LogP contribution < -0.4 is 0 Å². The number of benzene rings is 1. The van der Waals surface area contributed by atoms with E-state index in [0.29, 0.717) is 32.1 Å². The van der Waals surface area contributed by atoms with Crippen molar-refractivity contribution in [3.8, 4) is 0 Å². The van der Waals surface area contributed by atoms with Crippen molar-refractivity contribution in [1.29, 1.82) is 0 Å². The van der Waals surface area contributed by atoms with Gasteiger partial charge in [-0.3, -0.25) is 14.6 Å². The van der Waals surface area contributed by atoms with Crippen LogP contribution in [0.15, 0.2) is 48.8 Å². The molecule has 29 heavy (non-hydrogen) atoms. The quantitative estimate of drug-likeness (QED) is 0.782. The maximum absolute atomic E-state index is 13.9. The molecule has 0 bridgehead atoms. The smallest absolute Gasteiger partial charge is 0.227 e. The third kappa shape index (κ3) is 4.63. The van der Waals surface area contributed by atoms with Crippen molar-refractivity contribution in [2.24, 2.45) is 11.8 Å². The number of pyridine rings is 1. The predicted octanol–water partition coefficient (Wildman–Crippen LogP) is 3.05. The first kappa shape index (κ1) is 19.6. The zero-order chi connectivity index (χ0) is 20.2. The summed E-state index contributed by atoms with van der Waals surface area (Å²) in [6.45, 7) is 2.35. The standard InChI is InChI=1S/C23H26FN3O2/c24-21-6-2-1-5-19(21)12-17-7-10-26(11-8-17)23(29)20-13-22(28)27(16-20)15-18-4-3-9-25-14-18/h1-6,9,14,17,20H,7-8,10-13,15-16H2/t20-/m1/s1. The minimum atomic E-state index is -0.262. The van der Waals surface area contributed by atoms with E-state index >= 15 is 0 Å². The Labute approximate surface area is 170 Å². The van der Waals surface area contributed by atoms with Gasteiger partial charge in [0.25, 0.3) is 0 Å². The molecule has 6 heteroatoms. The van der Waals surface area contributed by atoms with Crippen LogP contribution in [-0.4, -0.2) is 46.2 Å². The molecule has 0 radical (unpaired) electrons. The van der Waals surface area contributed by atoms with Crippen LogP contribution in [0.1, 0.15) is 30.4 Å². The van der Waals surface area contributed by atoms with Crippen LogP contribution in [-0.2, 0) is 22.6 Å². The first-order valence-corrected chi connectivity index (χ1v) is 10.3. The monoisotopic (exact) mass is 395 g/mol. The van der Waals surface area contributed by atoms with Crippen LogP contribution in [0.25, 0.3) is 0 Å². The molecule has 0 spiro atoms. The van der Waals surface area contributed by atoms with Crippen molar-refractivity contribution in [2.45, 2.75) is 32.2 Å². The average molecular weight is 395 g/mol. The Morgan fingerprint density at radius 2 is 1.93 bits per heavy atom. The van der Waals surface area contributed by atoms with Crippen molar-refractivity contribution in [1.82, 2.24) is 14.8 Å². The van der Waals surface area contributed by atoms with Crippen molar-refractivity contribution in [3.05, 3.63) is 65.7 Å². The first-order valence-electron chi connectivity index (χ1n) is 10.3. The molecular weight excluding hydrogens is 369 g/mol. The molecule has 0 unspecified atom stereocenters. The molecule has 2 aromatic rings. The highest BCUT2D eigenvalue weighted by atomic mass is 19.1. The lowest BCUT2D eigenvalue weighted by Gasteiger charge is -2.33. The Kier molecular flexibility index (Phi) is 5.88. The van der Waals surface area contributed by atoms with E-state index in [9.17, 15) is 14.0 Å². The highest BCUT2D eigenvalue weighted by molar-refractivity contribution is 5.89. The molecule has 0 N–H and O–H groups in total. The minimum Gasteiger partial charge on any atom is -0.342 e. The van der Waals surface area contributed by atoms with Gasteiger partial charge in [-0.05, 0) is 48.4 Å². The molecule has 2 saturated heterocycles. The summed E-state index contributed by atoms with van der Waals surface area (Å²) >= 11 is 0. The number of aromatic nitrogens is 1. The largest absolute Gasteiger partial charge is 0.342 e. The van der Waals surface area contributed by atoms with E-state index in [1.807, 2.05) is 29.2 Å². The summed E-state index contributed by atoms with van der Waals surface area (Å²) in [4.78, 5) is 33.0. The van der Waals surface area contributed by atoms with Crippen LogP contribution >= 0.6 is 0 Å². The second-order valence-corrected chi connectivity index (χ2v) is 8.10. The molecule has 3 heterocycles. The highest BCUT2D eigenvalue weighted by Gasteiger charge is 2.37. The summed E-state index contributed by atoms with van der Waals surface area (Å²) in [5, 5.41) is 0. The Bertz CT molecular complexity index is 865. The molecule has 152 valence electrons. The van der Waals surface area contributed by atoms with Gasteiger partial charge in [-0.1, -0.05) is 24.3 Å². The summed E-state index contributed by atoms with van der Waals surface area (Å²) < 4.78 is 13.9. The van der Waals surface area contributed by atoms with Gasteiger partial charge in [0.1, 0.15) is 5.82 Å². The van der Waals surface area contributed by atoms with Crippen LogP contribution in [0.3, 0.4) is 0 Å². The molecule has 4 rings (SSSR count). The number of likely N-dealkylation sites (tertiary alicyclic amines) is 2. The molecule has 1 aromatic heterocycles. The number of hydrogen-bond acceptors (Lipinski definition) is 3. The van der Waals surface area contributed by atoms with E-state index in [4.69, 9.17) is 0 Å². The first-order chi connectivity index (χ1) is 14.1. The molecule has 1 atom stereocenters. The molecule has 5 nitrogen and oxygen atoms in total. The summed E-state index contributed by atoms with van der Waals surface area (Å²) in [5.74, 6) is 0.0905. The highest BCUT2D eigenvalue weighted by Crippen LogP contribution is 2.27. The van der Waals surface area contributed by atoms with Crippen molar-refractivity contribution < 1.29 is 14.0 Å². The molecule has 2 aliphatic rings. The van der Waals surface area contributed by atoms with E-state index < -0.39 is 0 Å². The minimum absolute atomic E-state index is 0.0293. The lowest BCUT2D eigenvalue weighted by Crippen LogP contribution is -2.42. The summed E-state index contributed by atoms with van der Waals surface area (Å²) in [7, 11) is 0. The number of hydrogen-bond donors (Lipinski definition) is 0. The topological polar surface area (TPSA) is 53.5 Å². The molecule has 1 aromatic carbocycles. The Morgan fingerprint density at radius 3 is 2.66 bits per heavy atom. The molecule has 0 saturated carbocycles. The lowest BCUT2D eigenvalue weighted by molar-refractivity contribution is -0.137. The fraction of sp³-hybridized carbons (Fsp3) is 0.435. The van der Waals surface area contributed by atoms with Crippen LogP contribution in [0.4, 0.5) is 4.39 Å². The molecule has 0 aliphatic carbocycles. The Balaban J connectivity index is 1.28. The van der Waals surface area contributed by atoms with Gasteiger partial charge in [-0.15, -0.1) is 0 Å². The van der Waals surface area contributed by atoms with E-state index in [2.05, 4.69) is 4.98 Å². The number of carbonyl (C=O) groups excluding carboxylic acids is 2. The predicted molar refractivity (Wildman–Crippen MR) is 107 cm³/mol. The van der Waals surface area contributed by atoms with Crippen LogP contribution in [0, 0.1) is 17.7 Å². The number of nitrogens with zero attached hydrogens (tertiary/aromatic N) is 3. The number of carbonyl (C=O) groups is 2. The summed E-state index contributed by atoms with van der Waals surface area (Å²) in [6.07, 6.45) is 6.21. The molecule has 2 fully saturated rings. The van der Waals surface area contributed by atoms with Crippen LogP contribution in [0.2, 0.25) is 0 Å². The zero-order valence-electron chi connectivity index (χ0n) is 16.5. The van der Waals surface area contributed by atoms with Crippen molar-refractivity contribution in [3.63, 3.8) is 0 Å². The van der Waals surface area contributed by atoms with Gasteiger partial charge >= 0.3 is 0 Å². The third-order valence-corrected chi connectivity index (χ3v) is 6.05. The van der Waals surface area contributed by atoms with E-state index in [0.717, 1.165) is 30.4 Å². The molecular formula is C23H26FN3O2. The second-order valence-electron chi connectivity index (χ2n) is 8.10. The van der Waals surface area contributed by atoms with E-state index in [1.165, 1.54) is 6.07 Å². The third-order valence-electron chi connectivity index (χ3n) is 6.05. The second kappa shape index (κ2) is 8.72. The van der Waals surface area contributed by atoms with Gasteiger partial charge < -0.3 is 9.80 Å². The van der Waals surface area contributed by atoms with Gasteiger partial charge in [0.2, 0.25) is 11.8 Å². The van der Waals surface area contributed by atoms with E-state index in [-0.39, 0.29) is 30.0 Å². The Morgan fingerprint density at radius 1 is 1.14 bits per heavy atom.